The van der Waals surface area contributed by atoms with Gasteiger partial charge in [0.25, 0.3) is 0 Å². The molecule has 94 valence electrons. The van der Waals surface area contributed by atoms with Gasteiger partial charge in [-0.05, 0) is 32.1 Å². The van der Waals surface area contributed by atoms with Crippen molar-refractivity contribution in [1.29, 1.82) is 0 Å². The third-order valence-electron chi connectivity index (χ3n) is 3.72. The fourth-order valence-electron chi connectivity index (χ4n) is 2.71. The van der Waals surface area contributed by atoms with Gasteiger partial charge in [0.1, 0.15) is 0 Å². The molecule has 0 saturated carbocycles. The van der Waals surface area contributed by atoms with Crippen molar-refractivity contribution < 1.29 is 4.79 Å². The Hall–Kier alpha value is -0.530. The summed E-state index contributed by atoms with van der Waals surface area (Å²) in [6.07, 6.45) is 2.25. The number of hydrogen-bond acceptors (Lipinski definition) is 1. The van der Waals surface area contributed by atoms with Gasteiger partial charge < -0.3 is 4.90 Å². The summed E-state index contributed by atoms with van der Waals surface area (Å²) in [5.41, 5.74) is 0.206. The molecule has 0 aromatic rings. The Bertz CT molecular complexity index is 273. The first-order chi connectivity index (χ1) is 7.07. The molecule has 1 rings (SSSR count). The minimum atomic E-state index is 0.0271. The zero-order chi connectivity index (χ0) is 12.7. The van der Waals surface area contributed by atoms with E-state index in [0.29, 0.717) is 11.9 Å². The van der Waals surface area contributed by atoms with Crippen molar-refractivity contribution in [2.75, 3.05) is 0 Å². The molecular formula is C14H27NO. The van der Waals surface area contributed by atoms with Crippen LogP contribution in [0.1, 0.15) is 61.3 Å². The molecule has 0 aliphatic carbocycles. The minimum absolute atomic E-state index is 0.0271. The lowest BCUT2D eigenvalue weighted by atomic mass is 9.85. The van der Waals surface area contributed by atoms with Gasteiger partial charge in [-0.1, -0.05) is 34.6 Å². The number of carbonyl (C=O) groups excluding carboxylic acids is 1. The maximum absolute atomic E-state index is 12.3. The van der Waals surface area contributed by atoms with Crippen molar-refractivity contribution in [3.8, 4) is 0 Å². The molecule has 0 bridgehead atoms. The van der Waals surface area contributed by atoms with E-state index in [-0.39, 0.29) is 16.9 Å². The van der Waals surface area contributed by atoms with Gasteiger partial charge in [-0.25, -0.2) is 0 Å². The van der Waals surface area contributed by atoms with E-state index < -0.39 is 0 Å². The first-order valence-electron chi connectivity index (χ1n) is 6.40. The fraction of sp³-hybridized carbons (Fsp3) is 0.929. The van der Waals surface area contributed by atoms with E-state index in [1.807, 2.05) is 13.8 Å². The zero-order valence-corrected chi connectivity index (χ0v) is 11.9. The Morgan fingerprint density at radius 3 is 2.19 bits per heavy atom. The topological polar surface area (TPSA) is 20.3 Å². The molecule has 1 aliphatic heterocycles. The molecule has 1 atom stereocenters. The van der Waals surface area contributed by atoms with Crippen LogP contribution in [-0.2, 0) is 4.79 Å². The van der Waals surface area contributed by atoms with Crippen LogP contribution >= 0.6 is 0 Å². The summed E-state index contributed by atoms with van der Waals surface area (Å²) in [6, 6.07) is 0.386. The lowest BCUT2D eigenvalue weighted by Gasteiger charge is -2.42. The molecular weight excluding hydrogens is 198 g/mol. The summed E-state index contributed by atoms with van der Waals surface area (Å²) in [6.45, 7) is 15.1. The highest BCUT2D eigenvalue weighted by atomic mass is 16.2. The number of hydrogen-bond donors (Lipinski definition) is 0. The summed E-state index contributed by atoms with van der Waals surface area (Å²) in [5.74, 6) is 0.407. The Kier molecular flexibility index (Phi) is 3.42. The third kappa shape index (κ3) is 2.41. The van der Waals surface area contributed by atoms with E-state index in [1.54, 1.807) is 0 Å². The van der Waals surface area contributed by atoms with Crippen molar-refractivity contribution in [3.63, 3.8) is 0 Å². The van der Waals surface area contributed by atoms with Gasteiger partial charge in [0.2, 0.25) is 5.91 Å². The van der Waals surface area contributed by atoms with Crippen LogP contribution in [0.4, 0.5) is 0 Å². The van der Waals surface area contributed by atoms with Gasteiger partial charge in [-0.3, -0.25) is 4.79 Å². The standard InChI is InChI=1S/C14H27NO/c1-10(2)12(16)15-11(13(3,4)5)8-9-14(15,6)7/h10-11H,8-9H2,1-7H3. The maximum Gasteiger partial charge on any atom is 0.225 e. The van der Waals surface area contributed by atoms with E-state index in [2.05, 4.69) is 39.5 Å². The smallest absolute Gasteiger partial charge is 0.225 e. The van der Waals surface area contributed by atoms with Gasteiger partial charge in [0.15, 0.2) is 0 Å². The highest BCUT2D eigenvalue weighted by Crippen LogP contribution is 2.42. The highest BCUT2D eigenvalue weighted by Gasteiger charge is 2.47. The first kappa shape index (κ1) is 13.5. The largest absolute Gasteiger partial charge is 0.334 e. The normalized spacial score (nSPS) is 25.2. The van der Waals surface area contributed by atoms with Gasteiger partial charge in [0, 0.05) is 17.5 Å². The lowest BCUT2D eigenvalue weighted by molar-refractivity contribution is -0.142. The van der Waals surface area contributed by atoms with Crippen LogP contribution in [0.2, 0.25) is 0 Å². The average Bonchev–Trinajstić information content (AvgIpc) is 2.38. The molecule has 1 amide bonds. The number of amides is 1. The van der Waals surface area contributed by atoms with E-state index in [0.717, 1.165) is 12.8 Å². The van der Waals surface area contributed by atoms with Gasteiger partial charge >= 0.3 is 0 Å². The maximum atomic E-state index is 12.3. The molecule has 1 unspecified atom stereocenters. The Balaban J connectivity index is 3.02. The summed E-state index contributed by atoms with van der Waals surface area (Å²) in [5, 5.41) is 0. The second-order valence-electron chi connectivity index (χ2n) is 7.10. The van der Waals surface area contributed by atoms with Crippen molar-refractivity contribution >= 4 is 5.91 Å². The first-order valence-corrected chi connectivity index (χ1v) is 6.40. The number of carbonyl (C=O) groups is 1. The van der Waals surface area contributed by atoms with Crippen LogP contribution < -0.4 is 0 Å². The van der Waals surface area contributed by atoms with Gasteiger partial charge in [-0.2, -0.15) is 0 Å². The average molecular weight is 225 g/mol. The molecule has 16 heavy (non-hydrogen) atoms. The molecule has 1 fully saturated rings. The predicted molar refractivity (Wildman–Crippen MR) is 68.2 cm³/mol. The lowest BCUT2D eigenvalue weighted by Crippen LogP contribution is -2.52. The molecule has 1 heterocycles. The number of likely N-dealkylation sites (tertiary alicyclic amines) is 1. The molecule has 0 aromatic heterocycles. The second kappa shape index (κ2) is 4.05. The van der Waals surface area contributed by atoms with E-state index in [4.69, 9.17) is 0 Å². The summed E-state index contributed by atoms with van der Waals surface area (Å²) >= 11 is 0. The molecule has 0 spiro atoms. The van der Waals surface area contributed by atoms with Crippen molar-refractivity contribution in [1.82, 2.24) is 4.90 Å². The fourth-order valence-corrected chi connectivity index (χ4v) is 2.71. The SMILES string of the molecule is CC(C)C(=O)N1C(C(C)(C)C)CCC1(C)C. The Morgan fingerprint density at radius 2 is 1.81 bits per heavy atom. The van der Waals surface area contributed by atoms with Crippen LogP contribution in [0.25, 0.3) is 0 Å². The van der Waals surface area contributed by atoms with Crippen LogP contribution in [0.15, 0.2) is 0 Å². The number of rotatable bonds is 1. The van der Waals surface area contributed by atoms with Gasteiger partial charge in [-0.15, -0.1) is 0 Å². The highest BCUT2D eigenvalue weighted by molar-refractivity contribution is 5.79. The molecule has 1 aliphatic rings. The molecule has 2 nitrogen and oxygen atoms in total. The zero-order valence-electron chi connectivity index (χ0n) is 11.9. The van der Waals surface area contributed by atoms with Crippen LogP contribution in [0.5, 0.6) is 0 Å². The van der Waals surface area contributed by atoms with E-state index in [9.17, 15) is 4.79 Å². The van der Waals surface area contributed by atoms with E-state index in [1.165, 1.54) is 0 Å². The van der Waals surface area contributed by atoms with E-state index >= 15 is 0 Å². The molecule has 2 heteroatoms. The Labute approximate surface area is 100 Å². The van der Waals surface area contributed by atoms with Crippen molar-refractivity contribution in [2.24, 2.45) is 11.3 Å². The van der Waals surface area contributed by atoms with Crippen molar-refractivity contribution in [3.05, 3.63) is 0 Å². The summed E-state index contributed by atoms with van der Waals surface area (Å²) < 4.78 is 0. The molecule has 0 radical (unpaired) electrons. The predicted octanol–water partition coefficient (Wildman–Crippen LogP) is 3.46. The number of nitrogens with zero attached hydrogens (tertiary/aromatic N) is 1. The third-order valence-corrected chi connectivity index (χ3v) is 3.72. The molecule has 0 aromatic carbocycles. The second-order valence-corrected chi connectivity index (χ2v) is 7.10. The molecule has 0 N–H and O–H groups in total. The van der Waals surface area contributed by atoms with Crippen LogP contribution in [0, 0.1) is 11.3 Å². The summed E-state index contributed by atoms with van der Waals surface area (Å²) in [4.78, 5) is 14.5. The summed E-state index contributed by atoms with van der Waals surface area (Å²) in [7, 11) is 0. The quantitative estimate of drug-likeness (QED) is 0.669. The molecule has 1 saturated heterocycles. The minimum Gasteiger partial charge on any atom is -0.334 e. The van der Waals surface area contributed by atoms with Gasteiger partial charge in [0.05, 0.1) is 0 Å². The van der Waals surface area contributed by atoms with Crippen molar-refractivity contribution in [2.45, 2.75) is 72.9 Å². The Morgan fingerprint density at radius 1 is 1.31 bits per heavy atom. The van der Waals surface area contributed by atoms with Crippen LogP contribution in [-0.4, -0.2) is 22.4 Å². The van der Waals surface area contributed by atoms with Crippen LogP contribution in [0.3, 0.4) is 0 Å². The monoisotopic (exact) mass is 225 g/mol.